The lowest BCUT2D eigenvalue weighted by atomic mass is 9.97. The molecule has 0 aliphatic carbocycles. The molecule has 2 fully saturated rings. The van der Waals surface area contributed by atoms with Crippen LogP contribution in [0, 0.1) is 0 Å². The van der Waals surface area contributed by atoms with Crippen LogP contribution in [-0.2, 0) is 14.2 Å². The van der Waals surface area contributed by atoms with Crippen LogP contribution in [0.2, 0.25) is 0 Å². The maximum atomic E-state index is 9.94. The van der Waals surface area contributed by atoms with E-state index in [-0.39, 0.29) is 0 Å². The van der Waals surface area contributed by atoms with E-state index in [1.54, 1.807) is 0 Å². The Morgan fingerprint density at radius 1 is 0.652 bits per heavy atom. The minimum absolute atomic E-state index is 0.667. The number of rotatable bonds is 4. The van der Waals surface area contributed by atoms with Gasteiger partial charge in [0, 0.05) is 0 Å². The zero-order valence-corrected chi connectivity index (χ0v) is 12.0. The van der Waals surface area contributed by atoms with Crippen LogP contribution >= 0.6 is 0 Å². The molecule has 2 aliphatic heterocycles. The van der Waals surface area contributed by atoms with E-state index in [2.05, 4.69) is 0 Å². The molecule has 2 aliphatic rings. The summed E-state index contributed by atoms with van der Waals surface area (Å²) in [5.41, 5.74) is 0. The Balaban J connectivity index is 2.11. The molecule has 11 nitrogen and oxygen atoms in total. The summed E-state index contributed by atoms with van der Waals surface area (Å²) >= 11 is 0. The second-order valence-corrected chi connectivity index (χ2v) is 5.53. The van der Waals surface area contributed by atoms with Crippen molar-refractivity contribution in [3.63, 3.8) is 0 Å². The summed E-state index contributed by atoms with van der Waals surface area (Å²) in [7, 11) is 0. The molecule has 0 aromatic rings. The summed E-state index contributed by atoms with van der Waals surface area (Å²) in [6.45, 7) is -1.35. The first-order valence-corrected chi connectivity index (χ1v) is 7.08. The molecule has 0 amide bonds. The summed E-state index contributed by atoms with van der Waals surface area (Å²) in [5.74, 6) is 0. The Bertz CT molecular complexity index is 378. The fraction of sp³-hybridized carbons (Fsp3) is 1.00. The highest BCUT2D eigenvalue weighted by Crippen LogP contribution is 2.28. The predicted molar refractivity (Wildman–Crippen MR) is 68.6 cm³/mol. The third-order valence-electron chi connectivity index (χ3n) is 3.98. The smallest absolute Gasteiger partial charge is 0.187 e. The molecule has 2 heterocycles. The van der Waals surface area contributed by atoms with Crippen molar-refractivity contribution in [3.05, 3.63) is 0 Å². The molecular formula is C12H22O11. The number of aliphatic hydroxyl groups excluding tert-OH is 8. The van der Waals surface area contributed by atoms with Gasteiger partial charge in [0.2, 0.25) is 0 Å². The summed E-state index contributed by atoms with van der Waals surface area (Å²) < 4.78 is 15.3. The van der Waals surface area contributed by atoms with Crippen LogP contribution in [0.3, 0.4) is 0 Å². The molecule has 0 spiro atoms. The molecule has 2 saturated heterocycles. The third-order valence-corrected chi connectivity index (χ3v) is 3.98. The number of ether oxygens (including phenoxy) is 3. The molecule has 2 rings (SSSR count). The van der Waals surface area contributed by atoms with Crippen molar-refractivity contribution in [1.29, 1.82) is 0 Å². The average Bonchev–Trinajstić information content (AvgIpc) is 2.55. The predicted octanol–water partition coefficient (Wildman–Crippen LogP) is -5.40. The first-order chi connectivity index (χ1) is 10.8. The van der Waals surface area contributed by atoms with Gasteiger partial charge in [-0.05, 0) is 0 Å². The number of hydrogen-bond donors (Lipinski definition) is 8. The highest BCUT2D eigenvalue weighted by molar-refractivity contribution is 4.93. The molecule has 0 aromatic heterocycles. The van der Waals surface area contributed by atoms with Gasteiger partial charge in [0.1, 0.15) is 48.8 Å². The van der Waals surface area contributed by atoms with Gasteiger partial charge in [0.25, 0.3) is 0 Å². The van der Waals surface area contributed by atoms with Crippen molar-refractivity contribution >= 4 is 0 Å². The molecule has 0 aromatic carbocycles. The molecule has 11 heteroatoms. The quantitative estimate of drug-likeness (QED) is 0.243. The van der Waals surface area contributed by atoms with E-state index in [1.165, 1.54) is 0 Å². The zero-order chi connectivity index (χ0) is 17.3. The Hall–Kier alpha value is -0.440. The summed E-state index contributed by atoms with van der Waals surface area (Å²) in [6, 6.07) is 0. The minimum Gasteiger partial charge on any atom is -0.394 e. The van der Waals surface area contributed by atoms with Crippen LogP contribution in [0.15, 0.2) is 0 Å². The molecule has 23 heavy (non-hydrogen) atoms. The molecule has 10 atom stereocenters. The van der Waals surface area contributed by atoms with Crippen molar-refractivity contribution < 1.29 is 55.1 Å². The van der Waals surface area contributed by atoms with Crippen LogP contribution in [-0.4, -0.2) is 115 Å². The fourth-order valence-corrected chi connectivity index (χ4v) is 2.57. The maximum Gasteiger partial charge on any atom is 0.187 e. The SMILES string of the molecule is OC[C@H]1O[C@H](O[C@H]2[C@@H](O)[C@@H](O)[C@@H](O)O[C@@H]2CO)[C@H](O)[C@@H](O)[C@@H]1O. The lowest BCUT2D eigenvalue weighted by Gasteiger charge is -2.45. The molecule has 0 saturated carbocycles. The number of aliphatic hydroxyl groups is 8. The molecular weight excluding hydrogens is 320 g/mol. The second kappa shape index (κ2) is 7.63. The first-order valence-electron chi connectivity index (χ1n) is 7.08. The van der Waals surface area contributed by atoms with Crippen molar-refractivity contribution in [3.8, 4) is 0 Å². The van der Waals surface area contributed by atoms with Crippen LogP contribution in [0.4, 0.5) is 0 Å². The molecule has 0 unspecified atom stereocenters. The van der Waals surface area contributed by atoms with E-state index >= 15 is 0 Å². The minimum atomic E-state index is -1.74. The Labute approximate surface area is 130 Å². The van der Waals surface area contributed by atoms with E-state index in [9.17, 15) is 35.7 Å². The van der Waals surface area contributed by atoms with Gasteiger partial charge in [0.05, 0.1) is 13.2 Å². The van der Waals surface area contributed by atoms with Gasteiger partial charge in [-0.25, -0.2) is 0 Å². The van der Waals surface area contributed by atoms with Gasteiger partial charge >= 0.3 is 0 Å². The van der Waals surface area contributed by atoms with Gasteiger partial charge in [0.15, 0.2) is 12.6 Å². The molecule has 0 bridgehead atoms. The van der Waals surface area contributed by atoms with Gasteiger partial charge in [-0.15, -0.1) is 0 Å². The van der Waals surface area contributed by atoms with E-state index in [0.29, 0.717) is 0 Å². The Morgan fingerprint density at radius 3 is 1.83 bits per heavy atom. The van der Waals surface area contributed by atoms with Crippen molar-refractivity contribution in [2.45, 2.75) is 61.4 Å². The van der Waals surface area contributed by atoms with E-state index < -0.39 is 74.6 Å². The van der Waals surface area contributed by atoms with Gasteiger partial charge in [-0.3, -0.25) is 0 Å². The van der Waals surface area contributed by atoms with Crippen molar-refractivity contribution in [2.75, 3.05) is 13.2 Å². The van der Waals surface area contributed by atoms with Gasteiger partial charge in [-0.2, -0.15) is 0 Å². The monoisotopic (exact) mass is 342 g/mol. The van der Waals surface area contributed by atoms with Crippen LogP contribution in [0.25, 0.3) is 0 Å². The largest absolute Gasteiger partial charge is 0.394 e. The highest BCUT2D eigenvalue weighted by atomic mass is 16.7. The van der Waals surface area contributed by atoms with E-state index in [1.807, 2.05) is 0 Å². The number of hydrogen-bond acceptors (Lipinski definition) is 11. The standard InChI is InChI=1S/C12H22O11/c13-1-3-5(15)6(16)9(19)12(22-3)23-10-4(2-14)21-11(20)8(18)7(10)17/h3-20H,1-2H2/t3-,4-,5-,6+,7+,8-,9-,10-,11+,12-/m1/s1. The highest BCUT2D eigenvalue weighted by Gasteiger charge is 2.50. The van der Waals surface area contributed by atoms with Crippen LogP contribution in [0.1, 0.15) is 0 Å². The van der Waals surface area contributed by atoms with Gasteiger partial charge in [-0.1, -0.05) is 0 Å². The molecule has 136 valence electrons. The van der Waals surface area contributed by atoms with E-state index in [4.69, 9.17) is 19.3 Å². The zero-order valence-electron chi connectivity index (χ0n) is 12.0. The average molecular weight is 342 g/mol. The summed E-state index contributed by atoms with van der Waals surface area (Å²) in [5, 5.41) is 76.5. The summed E-state index contributed by atoms with van der Waals surface area (Å²) in [6.07, 6.45) is -15.6. The third kappa shape index (κ3) is 3.65. The molecule has 8 N–H and O–H groups in total. The van der Waals surface area contributed by atoms with Gasteiger partial charge < -0.3 is 55.1 Å². The van der Waals surface area contributed by atoms with Crippen LogP contribution < -0.4 is 0 Å². The second-order valence-electron chi connectivity index (χ2n) is 5.53. The van der Waals surface area contributed by atoms with E-state index in [0.717, 1.165) is 0 Å². The maximum absolute atomic E-state index is 9.94. The first kappa shape index (κ1) is 18.9. The lowest BCUT2D eigenvalue weighted by Crippen LogP contribution is -2.64. The Kier molecular flexibility index (Phi) is 6.27. The topological polar surface area (TPSA) is 190 Å². The van der Waals surface area contributed by atoms with Crippen molar-refractivity contribution in [2.24, 2.45) is 0 Å². The normalized spacial score (nSPS) is 51.7. The fourth-order valence-electron chi connectivity index (χ4n) is 2.57. The Morgan fingerprint density at radius 2 is 1.26 bits per heavy atom. The van der Waals surface area contributed by atoms with Crippen molar-refractivity contribution in [1.82, 2.24) is 0 Å². The van der Waals surface area contributed by atoms with Crippen LogP contribution in [0.5, 0.6) is 0 Å². The molecule has 0 radical (unpaired) electrons. The summed E-state index contributed by atoms with van der Waals surface area (Å²) in [4.78, 5) is 0. The lowest BCUT2D eigenvalue weighted by molar-refractivity contribution is -0.355.